The van der Waals surface area contributed by atoms with Gasteiger partial charge in [0.2, 0.25) is 5.91 Å². The van der Waals surface area contributed by atoms with Crippen molar-refractivity contribution in [3.63, 3.8) is 0 Å². The van der Waals surface area contributed by atoms with E-state index < -0.39 is 0 Å². The number of aryl methyl sites for hydroxylation is 1. The summed E-state index contributed by atoms with van der Waals surface area (Å²) < 4.78 is 1.96. The number of nitrogens with zero attached hydrogens (tertiary/aromatic N) is 2. The van der Waals surface area contributed by atoms with Gasteiger partial charge in [-0.05, 0) is 38.0 Å². The third kappa shape index (κ3) is 3.02. The van der Waals surface area contributed by atoms with E-state index in [2.05, 4.69) is 17.3 Å². The molecule has 2 rings (SSSR count). The average Bonchev–Trinajstić information content (AvgIpc) is 2.67. The van der Waals surface area contributed by atoms with Crippen LogP contribution in [0.4, 0.5) is 0 Å². The van der Waals surface area contributed by atoms with Gasteiger partial charge in [-0.1, -0.05) is 18.2 Å². The highest BCUT2D eigenvalue weighted by molar-refractivity contribution is 5.72. The van der Waals surface area contributed by atoms with E-state index in [0.29, 0.717) is 6.54 Å². The van der Waals surface area contributed by atoms with E-state index in [0.717, 1.165) is 23.5 Å². The molecular formula is C15H19N3O. The maximum atomic E-state index is 10.9. The van der Waals surface area contributed by atoms with Crippen LogP contribution in [0.2, 0.25) is 0 Å². The Bertz CT molecular complexity index is 573. The van der Waals surface area contributed by atoms with Crippen molar-refractivity contribution < 1.29 is 4.79 Å². The average molecular weight is 257 g/mol. The lowest BCUT2D eigenvalue weighted by molar-refractivity contribution is -0.118. The Morgan fingerprint density at radius 2 is 1.95 bits per heavy atom. The predicted molar refractivity (Wildman–Crippen MR) is 75.4 cm³/mol. The summed E-state index contributed by atoms with van der Waals surface area (Å²) in [7, 11) is 0. The zero-order chi connectivity index (χ0) is 13.8. The summed E-state index contributed by atoms with van der Waals surface area (Å²) in [5.41, 5.74) is 4.42. The zero-order valence-electron chi connectivity index (χ0n) is 11.6. The maximum Gasteiger partial charge on any atom is 0.216 e. The Balaban J connectivity index is 2.22. The van der Waals surface area contributed by atoms with Crippen molar-refractivity contribution in [3.8, 4) is 5.69 Å². The number of hydrogen-bond donors (Lipinski definition) is 1. The number of para-hydroxylation sites is 1. The molecule has 0 fully saturated rings. The number of hydrogen-bond acceptors (Lipinski definition) is 2. The smallest absolute Gasteiger partial charge is 0.216 e. The molecular weight excluding hydrogens is 238 g/mol. The maximum absolute atomic E-state index is 10.9. The molecule has 0 aliphatic rings. The topological polar surface area (TPSA) is 46.9 Å². The summed E-state index contributed by atoms with van der Waals surface area (Å²) in [6, 6.07) is 10.1. The minimum absolute atomic E-state index is 0.00533. The molecule has 0 spiro atoms. The van der Waals surface area contributed by atoms with E-state index in [9.17, 15) is 4.79 Å². The first-order valence-electron chi connectivity index (χ1n) is 6.44. The van der Waals surface area contributed by atoms with E-state index in [1.54, 1.807) is 0 Å². The number of carbonyl (C=O) groups is 1. The third-order valence-corrected chi connectivity index (χ3v) is 3.19. The van der Waals surface area contributed by atoms with Crippen molar-refractivity contribution in [2.24, 2.45) is 0 Å². The molecule has 4 nitrogen and oxygen atoms in total. The van der Waals surface area contributed by atoms with E-state index in [-0.39, 0.29) is 5.91 Å². The summed E-state index contributed by atoms with van der Waals surface area (Å²) in [6.45, 7) is 6.26. The van der Waals surface area contributed by atoms with Gasteiger partial charge < -0.3 is 5.32 Å². The number of nitrogens with one attached hydrogen (secondary N) is 1. The van der Waals surface area contributed by atoms with Crippen LogP contribution in [0.1, 0.15) is 23.9 Å². The molecule has 100 valence electrons. The van der Waals surface area contributed by atoms with E-state index in [1.807, 2.05) is 41.9 Å². The van der Waals surface area contributed by atoms with Crippen molar-refractivity contribution in [2.75, 3.05) is 6.54 Å². The second-order valence-corrected chi connectivity index (χ2v) is 4.63. The quantitative estimate of drug-likeness (QED) is 0.912. The van der Waals surface area contributed by atoms with Gasteiger partial charge in [-0.2, -0.15) is 5.10 Å². The standard InChI is InChI=1S/C15H19N3O/c1-11-15(9-10-16-13(3)19)12(2)18(17-11)14-7-5-4-6-8-14/h4-8H,9-10H2,1-3H3,(H,16,19). The summed E-state index contributed by atoms with van der Waals surface area (Å²) in [5, 5.41) is 7.40. The fraction of sp³-hybridized carbons (Fsp3) is 0.333. The van der Waals surface area contributed by atoms with Crippen molar-refractivity contribution in [2.45, 2.75) is 27.2 Å². The summed E-state index contributed by atoms with van der Waals surface area (Å²) in [4.78, 5) is 10.9. The van der Waals surface area contributed by atoms with Gasteiger partial charge in [0.15, 0.2) is 0 Å². The minimum atomic E-state index is 0.00533. The van der Waals surface area contributed by atoms with Crippen molar-refractivity contribution >= 4 is 5.91 Å². The molecule has 2 aromatic rings. The Kier molecular flexibility index (Phi) is 4.00. The van der Waals surface area contributed by atoms with E-state index in [4.69, 9.17) is 0 Å². The molecule has 0 atom stereocenters. The van der Waals surface area contributed by atoms with Crippen LogP contribution in [-0.2, 0) is 11.2 Å². The van der Waals surface area contributed by atoms with Crippen LogP contribution in [0.3, 0.4) is 0 Å². The highest BCUT2D eigenvalue weighted by atomic mass is 16.1. The monoisotopic (exact) mass is 257 g/mol. The van der Waals surface area contributed by atoms with Gasteiger partial charge >= 0.3 is 0 Å². The molecule has 0 saturated heterocycles. The highest BCUT2D eigenvalue weighted by Crippen LogP contribution is 2.17. The van der Waals surface area contributed by atoms with E-state index in [1.165, 1.54) is 12.5 Å². The Morgan fingerprint density at radius 1 is 1.26 bits per heavy atom. The number of aromatic nitrogens is 2. The van der Waals surface area contributed by atoms with Gasteiger partial charge in [0.1, 0.15) is 0 Å². The first-order valence-corrected chi connectivity index (χ1v) is 6.44. The molecule has 0 aliphatic carbocycles. The lowest BCUT2D eigenvalue weighted by Gasteiger charge is -2.05. The van der Waals surface area contributed by atoms with Gasteiger partial charge in [-0.15, -0.1) is 0 Å². The van der Waals surface area contributed by atoms with Crippen LogP contribution in [0.5, 0.6) is 0 Å². The molecule has 0 radical (unpaired) electrons. The zero-order valence-corrected chi connectivity index (χ0v) is 11.6. The van der Waals surface area contributed by atoms with Crippen LogP contribution in [0.15, 0.2) is 30.3 Å². The van der Waals surface area contributed by atoms with Crippen LogP contribution in [0.25, 0.3) is 5.69 Å². The molecule has 0 aliphatic heterocycles. The lowest BCUT2D eigenvalue weighted by Crippen LogP contribution is -2.22. The number of amides is 1. The SMILES string of the molecule is CC(=O)NCCc1c(C)nn(-c2ccccc2)c1C. The Labute approximate surface area is 113 Å². The molecule has 19 heavy (non-hydrogen) atoms. The summed E-state index contributed by atoms with van der Waals surface area (Å²) in [5.74, 6) is 0.00533. The largest absolute Gasteiger partial charge is 0.356 e. The van der Waals surface area contributed by atoms with Crippen molar-refractivity contribution in [1.29, 1.82) is 0 Å². The minimum Gasteiger partial charge on any atom is -0.356 e. The second-order valence-electron chi connectivity index (χ2n) is 4.63. The van der Waals surface area contributed by atoms with Gasteiger partial charge in [-0.25, -0.2) is 4.68 Å². The molecule has 0 bridgehead atoms. The normalized spacial score (nSPS) is 10.5. The lowest BCUT2D eigenvalue weighted by atomic mass is 10.1. The van der Waals surface area contributed by atoms with Gasteiger partial charge in [0.25, 0.3) is 0 Å². The summed E-state index contributed by atoms with van der Waals surface area (Å²) >= 11 is 0. The molecule has 1 aromatic carbocycles. The van der Waals surface area contributed by atoms with Gasteiger partial charge in [0, 0.05) is 19.2 Å². The summed E-state index contributed by atoms with van der Waals surface area (Å²) in [6.07, 6.45) is 0.810. The molecule has 0 unspecified atom stereocenters. The van der Waals surface area contributed by atoms with Gasteiger partial charge in [-0.3, -0.25) is 4.79 Å². The molecule has 1 aromatic heterocycles. The first kappa shape index (κ1) is 13.3. The van der Waals surface area contributed by atoms with Crippen molar-refractivity contribution in [1.82, 2.24) is 15.1 Å². The fourth-order valence-electron chi connectivity index (χ4n) is 2.22. The first-order chi connectivity index (χ1) is 9.09. The van der Waals surface area contributed by atoms with Crippen molar-refractivity contribution in [3.05, 3.63) is 47.3 Å². The van der Waals surface area contributed by atoms with Crippen LogP contribution < -0.4 is 5.32 Å². The molecule has 1 N–H and O–H groups in total. The Morgan fingerprint density at radius 3 is 2.58 bits per heavy atom. The fourth-order valence-corrected chi connectivity index (χ4v) is 2.22. The molecule has 1 heterocycles. The van der Waals surface area contributed by atoms with Gasteiger partial charge in [0.05, 0.1) is 11.4 Å². The van der Waals surface area contributed by atoms with Crippen LogP contribution in [-0.4, -0.2) is 22.2 Å². The second kappa shape index (κ2) is 5.69. The molecule has 4 heteroatoms. The van der Waals surface area contributed by atoms with Crippen LogP contribution in [0, 0.1) is 13.8 Å². The number of rotatable bonds is 4. The Hall–Kier alpha value is -2.10. The molecule has 1 amide bonds. The predicted octanol–water partition coefficient (Wildman–Crippen LogP) is 2.17. The number of carbonyl (C=O) groups excluding carboxylic acids is 1. The molecule has 0 saturated carbocycles. The number of benzene rings is 1. The highest BCUT2D eigenvalue weighted by Gasteiger charge is 2.12. The van der Waals surface area contributed by atoms with Crippen LogP contribution >= 0.6 is 0 Å². The third-order valence-electron chi connectivity index (χ3n) is 3.19. The van der Waals surface area contributed by atoms with E-state index >= 15 is 0 Å².